The van der Waals surface area contributed by atoms with Crippen LogP contribution in [0.2, 0.25) is 0 Å². The van der Waals surface area contributed by atoms with Crippen LogP contribution in [0.4, 0.5) is 0 Å². The van der Waals surface area contributed by atoms with Gasteiger partial charge in [0.15, 0.2) is 0 Å². The Bertz CT molecular complexity index is 346. The van der Waals surface area contributed by atoms with Gasteiger partial charge in [-0.25, -0.2) is 0 Å². The second-order valence-corrected chi connectivity index (χ2v) is 4.05. The molecule has 0 spiro atoms. The van der Waals surface area contributed by atoms with Crippen molar-refractivity contribution >= 4 is 5.97 Å². The lowest BCUT2D eigenvalue weighted by molar-refractivity contribution is -0.143. The van der Waals surface area contributed by atoms with Gasteiger partial charge in [0.25, 0.3) is 0 Å². The molecule has 1 saturated carbocycles. The summed E-state index contributed by atoms with van der Waals surface area (Å²) < 4.78 is 0. The highest BCUT2D eigenvalue weighted by atomic mass is 16.4. The zero-order valence-corrected chi connectivity index (χ0v) is 8.76. The Morgan fingerprint density at radius 2 is 2.00 bits per heavy atom. The first-order valence-corrected chi connectivity index (χ1v) is 5.20. The smallest absolute Gasteiger partial charge is 0.325 e. The van der Waals surface area contributed by atoms with Gasteiger partial charge in [-0.1, -0.05) is 30.3 Å². The van der Waals surface area contributed by atoms with Gasteiger partial charge in [-0.05, 0) is 25.5 Å². The Labute approximate surface area is 89.3 Å². The van der Waals surface area contributed by atoms with E-state index < -0.39 is 12.0 Å². The molecule has 0 aliphatic heterocycles. The van der Waals surface area contributed by atoms with E-state index in [9.17, 15) is 9.90 Å². The maximum atomic E-state index is 11.2. The molecule has 0 aromatic heterocycles. The third-order valence-electron chi connectivity index (χ3n) is 2.88. The SMILES string of the molecule is CN(C1CC1)C(C(=O)O)c1ccccc1. The molecule has 1 unspecified atom stereocenters. The van der Waals surface area contributed by atoms with E-state index in [1.165, 1.54) is 0 Å². The molecule has 1 aliphatic carbocycles. The number of hydrogen-bond acceptors (Lipinski definition) is 2. The number of hydrogen-bond donors (Lipinski definition) is 1. The summed E-state index contributed by atoms with van der Waals surface area (Å²) >= 11 is 0. The van der Waals surface area contributed by atoms with E-state index >= 15 is 0 Å². The number of benzene rings is 1. The van der Waals surface area contributed by atoms with E-state index in [2.05, 4.69) is 0 Å². The van der Waals surface area contributed by atoms with Crippen molar-refractivity contribution in [2.75, 3.05) is 7.05 Å². The fourth-order valence-electron chi connectivity index (χ4n) is 1.88. The summed E-state index contributed by atoms with van der Waals surface area (Å²) in [6.45, 7) is 0. The molecule has 2 rings (SSSR count). The number of nitrogens with zero attached hydrogens (tertiary/aromatic N) is 1. The summed E-state index contributed by atoms with van der Waals surface area (Å²) in [5.74, 6) is -0.768. The van der Waals surface area contributed by atoms with Gasteiger partial charge in [0.05, 0.1) is 0 Å². The monoisotopic (exact) mass is 205 g/mol. The molecule has 0 bridgehead atoms. The van der Waals surface area contributed by atoms with Gasteiger partial charge < -0.3 is 5.11 Å². The molecule has 3 nitrogen and oxygen atoms in total. The van der Waals surface area contributed by atoms with Crippen LogP contribution in [0.25, 0.3) is 0 Å². The first-order valence-electron chi connectivity index (χ1n) is 5.20. The van der Waals surface area contributed by atoms with Gasteiger partial charge in [-0.2, -0.15) is 0 Å². The summed E-state index contributed by atoms with van der Waals surface area (Å²) in [6.07, 6.45) is 2.24. The van der Waals surface area contributed by atoms with Crippen LogP contribution in [-0.2, 0) is 4.79 Å². The maximum Gasteiger partial charge on any atom is 0.325 e. The largest absolute Gasteiger partial charge is 0.480 e. The van der Waals surface area contributed by atoms with Gasteiger partial charge in [-0.3, -0.25) is 9.69 Å². The standard InChI is InChI=1S/C12H15NO2/c1-13(10-7-8-10)11(12(14)15)9-5-3-2-4-6-9/h2-6,10-11H,7-8H2,1H3,(H,14,15). The van der Waals surface area contributed by atoms with E-state index in [-0.39, 0.29) is 0 Å². The highest BCUT2D eigenvalue weighted by Gasteiger charge is 2.35. The number of carboxylic acid groups (broad SMARTS) is 1. The predicted molar refractivity (Wildman–Crippen MR) is 57.6 cm³/mol. The second kappa shape index (κ2) is 4.03. The molecule has 0 saturated heterocycles. The van der Waals surface area contributed by atoms with Crippen molar-refractivity contribution in [1.29, 1.82) is 0 Å². The molecular weight excluding hydrogens is 190 g/mol. The molecule has 3 heteroatoms. The number of likely N-dealkylation sites (N-methyl/N-ethyl adjacent to an activating group) is 1. The normalized spacial score (nSPS) is 17.7. The summed E-state index contributed by atoms with van der Waals surface area (Å²) in [5, 5.41) is 9.23. The molecule has 1 aromatic carbocycles. The minimum absolute atomic E-state index is 0.450. The molecule has 1 aromatic rings. The quantitative estimate of drug-likeness (QED) is 0.816. The van der Waals surface area contributed by atoms with Gasteiger partial charge >= 0.3 is 5.97 Å². The molecule has 80 valence electrons. The first-order chi connectivity index (χ1) is 7.20. The summed E-state index contributed by atoms with van der Waals surface area (Å²) in [5.41, 5.74) is 0.861. The average molecular weight is 205 g/mol. The van der Waals surface area contributed by atoms with Crippen molar-refractivity contribution in [2.24, 2.45) is 0 Å². The summed E-state index contributed by atoms with van der Waals surface area (Å²) in [7, 11) is 1.89. The van der Waals surface area contributed by atoms with E-state index in [1.54, 1.807) is 0 Å². The van der Waals surface area contributed by atoms with Gasteiger partial charge in [0.2, 0.25) is 0 Å². The highest BCUT2D eigenvalue weighted by Crippen LogP contribution is 2.32. The van der Waals surface area contributed by atoms with Gasteiger partial charge in [0, 0.05) is 6.04 Å². The lowest BCUT2D eigenvalue weighted by Crippen LogP contribution is -2.32. The first kappa shape index (κ1) is 10.2. The van der Waals surface area contributed by atoms with E-state index in [4.69, 9.17) is 0 Å². The zero-order valence-electron chi connectivity index (χ0n) is 8.76. The maximum absolute atomic E-state index is 11.2. The van der Waals surface area contributed by atoms with Crippen molar-refractivity contribution < 1.29 is 9.90 Å². The average Bonchev–Trinajstić information content (AvgIpc) is 3.02. The van der Waals surface area contributed by atoms with Crippen LogP contribution in [0.15, 0.2) is 30.3 Å². The van der Waals surface area contributed by atoms with E-state index in [1.807, 2.05) is 42.3 Å². The van der Waals surface area contributed by atoms with E-state index in [0.717, 1.165) is 18.4 Å². The minimum Gasteiger partial charge on any atom is -0.480 e. The number of carbonyl (C=O) groups is 1. The molecule has 0 amide bonds. The zero-order chi connectivity index (χ0) is 10.8. The Balaban J connectivity index is 2.23. The Kier molecular flexibility index (Phi) is 2.73. The van der Waals surface area contributed by atoms with Crippen molar-refractivity contribution in [3.63, 3.8) is 0 Å². The molecule has 0 radical (unpaired) electrons. The molecule has 15 heavy (non-hydrogen) atoms. The number of carboxylic acids is 1. The van der Waals surface area contributed by atoms with Crippen LogP contribution >= 0.6 is 0 Å². The molecule has 1 N–H and O–H groups in total. The van der Waals surface area contributed by atoms with Crippen molar-refractivity contribution in [3.05, 3.63) is 35.9 Å². The Hall–Kier alpha value is -1.35. The van der Waals surface area contributed by atoms with Crippen LogP contribution < -0.4 is 0 Å². The third-order valence-corrected chi connectivity index (χ3v) is 2.88. The third kappa shape index (κ3) is 2.18. The fourth-order valence-corrected chi connectivity index (χ4v) is 1.88. The van der Waals surface area contributed by atoms with Crippen molar-refractivity contribution in [1.82, 2.24) is 4.90 Å². The Morgan fingerprint density at radius 1 is 1.40 bits per heavy atom. The number of rotatable bonds is 4. The minimum atomic E-state index is -0.768. The van der Waals surface area contributed by atoms with Crippen LogP contribution in [0, 0.1) is 0 Å². The van der Waals surface area contributed by atoms with Crippen LogP contribution in [0.3, 0.4) is 0 Å². The van der Waals surface area contributed by atoms with Crippen LogP contribution in [-0.4, -0.2) is 29.1 Å². The lowest BCUT2D eigenvalue weighted by atomic mass is 10.1. The summed E-state index contributed by atoms with van der Waals surface area (Å²) in [4.78, 5) is 13.2. The lowest BCUT2D eigenvalue weighted by Gasteiger charge is -2.24. The molecule has 1 atom stereocenters. The number of aliphatic carboxylic acids is 1. The van der Waals surface area contributed by atoms with E-state index in [0.29, 0.717) is 6.04 Å². The molecule has 1 fully saturated rings. The molecular formula is C12H15NO2. The molecule has 0 heterocycles. The predicted octanol–water partition coefficient (Wildman–Crippen LogP) is 1.91. The second-order valence-electron chi connectivity index (χ2n) is 4.05. The fraction of sp³-hybridized carbons (Fsp3) is 0.417. The Morgan fingerprint density at radius 3 is 2.47 bits per heavy atom. The van der Waals surface area contributed by atoms with Crippen LogP contribution in [0.5, 0.6) is 0 Å². The molecule has 1 aliphatic rings. The topological polar surface area (TPSA) is 40.5 Å². The van der Waals surface area contributed by atoms with Gasteiger partial charge in [-0.15, -0.1) is 0 Å². The van der Waals surface area contributed by atoms with Crippen molar-refractivity contribution in [2.45, 2.75) is 24.9 Å². The highest BCUT2D eigenvalue weighted by molar-refractivity contribution is 5.75. The van der Waals surface area contributed by atoms with Crippen LogP contribution in [0.1, 0.15) is 24.4 Å². The van der Waals surface area contributed by atoms with Gasteiger partial charge in [0.1, 0.15) is 6.04 Å². The summed E-state index contributed by atoms with van der Waals surface area (Å²) in [6, 6.07) is 9.36. The van der Waals surface area contributed by atoms with Crippen molar-refractivity contribution in [3.8, 4) is 0 Å².